The molecule has 0 radical (unpaired) electrons. The molecule has 5 heteroatoms. The van der Waals surface area contributed by atoms with Gasteiger partial charge in [0.05, 0.1) is 6.54 Å². The summed E-state index contributed by atoms with van der Waals surface area (Å²) in [6.45, 7) is 3.90. The number of halogens is 2. The standard InChI is InChI=1S/C6H11N3.2ClH/c1-2-7-5-6-8-3-4-9-6;;/h3-4,7H,2,5H2,1H3,(H,8,9);2*1H. The van der Waals surface area contributed by atoms with Crippen molar-refractivity contribution in [2.45, 2.75) is 13.5 Å². The van der Waals surface area contributed by atoms with Gasteiger partial charge in [-0.2, -0.15) is 0 Å². The first-order valence-electron chi connectivity index (χ1n) is 3.12. The second kappa shape index (κ2) is 7.85. The summed E-state index contributed by atoms with van der Waals surface area (Å²) in [4.78, 5) is 7.03. The fourth-order valence-electron chi connectivity index (χ4n) is 0.638. The molecule has 0 spiro atoms. The molecule has 1 rings (SSSR count). The van der Waals surface area contributed by atoms with Crippen LogP contribution in [-0.4, -0.2) is 16.5 Å². The first kappa shape index (κ1) is 13.3. The van der Waals surface area contributed by atoms with E-state index in [1.807, 2.05) is 6.20 Å². The maximum atomic E-state index is 4.04. The Morgan fingerprint density at radius 1 is 1.55 bits per heavy atom. The second-order valence-electron chi connectivity index (χ2n) is 1.82. The molecule has 3 nitrogen and oxygen atoms in total. The van der Waals surface area contributed by atoms with E-state index < -0.39 is 0 Å². The zero-order valence-corrected chi connectivity index (χ0v) is 7.97. The van der Waals surface area contributed by atoms with Crippen molar-refractivity contribution < 1.29 is 0 Å². The molecule has 2 N–H and O–H groups in total. The zero-order valence-electron chi connectivity index (χ0n) is 6.33. The van der Waals surface area contributed by atoms with Gasteiger partial charge in [-0.15, -0.1) is 24.8 Å². The molecule has 0 aliphatic heterocycles. The number of rotatable bonds is 3. The van der Waals surface area contributed by atoms with E-state index in [9.17, 15) is 0 Å². The molecular weight excluding hydrogens is 185 g/mol. The monoisotopic (exact) mass is 197 g/mol. The number of imidazole rings is 1. The fourth-order valence-corrected chi connectivity index (χ4v) is 0.638. The topological polar surface area (TPSA) is 40.7 Å². The van der Waals surface area contributed by atoms with Gasteiger partial charge in [0, 0.05) is 12.4 Å². The molecule has 0 saturated heterocycles. The lowest BCUT2D eigenvalue weighted by molar-refractivity contribution is 0.698. The van der Waals surface area contributed by atoms with Gasteiger partial charge in [0.25, 0.3) is 0 Å². The lowest BCUT2D eigenvalue weighted by Crippen LogP contribution is -2.12. The van der Waals surface area contributed by atoms with Gasteiger partial charge in [0.1, 0.15) is 5.82 Å². The lowest BCUT2D eigenvalue weighted by atomic mass is 10.6. The van der Waals surface area contributed by atoms with E-state index in [0.717, 1.165) is 18.9 Å². The van der Waals surface area contributed by atoms with Gasteiger partial charge in [-0.3, -0.25) is 0 Å². The molecule has 0 aliphatic carbocycles. The number of hydrogen-bond acceptors (Lipinski definition) is 2. The Morgan fingerprint density at radius 3 is 2.73 bits per heavy atom. The predicted octanol–water partition coefficient (Wildman–Crippen LogP) is 1.36. The Kier molecular flexibility index (Phi) is 9.53. The Labute approximate surface area is 78.8 Å². The van der Waals surface area contributed by atoms with Gasteiger partial charge in [-0.25, -0.2) is 4.98 Å². The van der Waals surface area contributed by atoms with Crippen LogP contribution in [0.25, 0.3) is 0 Å². The van der Waals surface area contributed by atoms with Crippen LogP contribution in [0.1, 0.15) is 12.7 Å². The maximum absolute atomic E-state index is 4.04. The van der Waals surface area contributed by atoms with E-state index in [4.69, 9.17) is 0 Å². The van der Waals surface area contributed by atoms with Gasteiger partial charge < -0.3 is 10.3 Å². The largest absolute Gasteiger partial charge is 0.348 e. The van der Waals surface area contributed by atoms with Crippen LogP contribution in [-0.2, 0) is 6.54 Å². The summed E-state index contributed by atoms with van der Waals surface area (Å²) in [6.07, 6.45) is 3.58. The summed E-state index contributed by atoms with van der Waals surface area (Å²) in [7, 11) is 0. The van der Waals surface area contributed by atoms with Crippen LogP contribution in [0.2, 0.25) is 0 Å². The maximum Gasteiger partial charge on any atom is 0.120 e. The molecule has 1 aromatic heterocycles. The Morgan fingerprint density at radius 2 is 2.27 bits per heavy atom. The quantitative estimate of drug-likeness (QED) is 0.769. The third kappa shape index (κ3) is 5.07. The molecular formula is C6H13Cl2N3. The van der Waals surface area contributed by atoms with E-state index >= 15 is 0 Å². The van der Waals surface area contributed by atoms with E-state index in [-0.39, 0.29) is 24.8 Å². The summed E-state index contributed by atoms with van der Waals surface area (Å²) >= 11 is 0. The van der Waals surface area contributed by atoms with Crippen molar-refractivity contribution in [2.24, 2.45) is 0 Å². The first-order chi connectivity index (χ1) is 4.43. The minimum absolute atomic E-state index is 0. The van der Waals surface area contributed by atoms with Crippen molar-refractivity contribution in [1.82, 2.24) is 15.3 Å². The lowest BCUT2D eigenvalue weighted by Gasteiger charge is -1.94. The van der Waals surface area contributed by atoms with Crippen LogP contribution in [0.4, 0.5) is 0 Å². The van der Waals surface area contributed by atoms with Gasteiger partial charge in [0.15, 0.2) is 0 Å². The van der Waals surface area contributed by atoms with E-state index in [2.05, 4.69) is 22.2 Å². The van der Waals surface area contributed by atoms with Crippen LogP contribution < -0.4 is 5.32 Å². The average molecular weight is 198 g/mol. The second-order valence-corrected chi connectivity index (χ2v) is 1.82. The highest BCUT2D eigenvalue weighted by atomic mass is 35.5. The highest BCUT2D eigenvalue weighted by Gasteiger charge is 1.88. The molecule has 0 fully saturated rings. The van der Waals surface area contributed by atoms with Crippen molar-refractivity contribution in [3.63, 3.8) is 0 Å². The van der Waals surface area contributed by atoms with Crippen molar-refractivity contribution in [3.8, 4) is 0 Å². The Bertz CT molecular complexity index is 153. The molecule has 0 atom stereocenters. The van der Waals surface area contributed by atoms with Crippen LogP contribution in [0, 0.1) is 0 Å². The minimum atomic E-state index is 0. The molecule has 0 aromatic carbocycles. The zero-order chi connectivity index (χ0) is 6.53. The van der Waals surface area contributed by atoms with Crippen molar-refractivity contribution in [1.29, 1.82) is 0 Å². The van der Waals surface area contributed by atoms with Gasteiger partial charge in [-0.05, 0) is 6.54 Å². The summed E-state index contributed by atoms with van der Waals surface area (Å²) in [5.74, 6) is 0.997. The highest BCUT2D eigenvalue weighted by molar-refractivity contribution is 5.85. The SMILES string of the molecule is CCNCc1ncc[nH]1.Cl.Cl. The van der Waals surface area contributed by atoms with E-state index in [1.165, 1.54) is 0 Å². The molecule has 0 unspecified atom stereocenters. The van der Waals surface area contributed by atoms with Crippen molar-refractivity contribution >= 4 is 24.8 Å². The minimum Gasteiger partial charge on any atom is -0.348 e. The van der Waals surface area contributed by atoms with Crippen LogP contribution >= 0.6 is 24.8 Å². The number of nitrogens with one attached hydrogen (secondary N) is 2. The third-order valence-electron chi connectivity index (χ3n) is 1.10. The Balaban J connectivity index is 0. The summed E-state index contributed by atoms with van der Waals surface area (Å²) in [5, 5.41) is 3.16. The van der Waals surface area contributed by atoms with Crippen molar-refractivity contribution in [3.05, 3.63) is 18.2 Å². The van der Waals surface area contributed by atoms with E-state index in [0.29, 0.717) is 0 Å². The molecule has 11 heavy (non-hydrogen) atoms. The van der Waals surface area contributed by atoms with Crippen LogP contribution in [0.3, 0.4) is 0 Å². The third-order valence-corrected chi connectivity index (χ3v) is 1.10. The fraction of sp³-hybridized carbons (Fsp3) is 0.500. The number of aromatic amines is 1. The van der Waals surface area contributed by atoms with Crippen LogP contribution in [0.15, 0.2) is 12.4 Å². The molecule has 0 bridgehead atoms. The molecule has 1 aromatic rings. The van der Waals surface area contributed by atoms with Gasteiger partial charge >= 0.3 is 0 Å². The smallest absolute Gasteiger partial charge is 0.120 e. The summed E-state index contributed by atoms with van der Waals surface area (Å²) in [6, 6.07) is 0. The number of H-pyrrole nitrogens is 1. The summed E-state index contributed by atoms with van der Waals surface area (Å²) < 4.78 is 0. The van der Waals surface area contributed by atoms with E-state index in [1.54, 1.807) is 6.20 Å². The van der Waals surface area contributed by atoms with Crippen molar-refractivity contribution in [2.75, 3.05) is 6.54 Å². The molecule has 66 valence electrons. The Hall–Kier alpha value is -0.250. The average Bonchev–Trinajstić information content (AvgIpc) is 2.34. The summed E-state index contributed by atoms with van der Waals surface area (Å²) in [5.41, 5.74) is 0. The predicted molar refractivity (Wildman–Crippen MR) is 50.5 cm³/mol. The van der Waals surface area contributed by atoms with Gasteiger partial charge in [0.2, 0.25) is 0 Å². The number of hydrogen-bond donors (Lipinski definition) is 2. The molecule has 0 aliphatic rings. The molecule has 0 amide bonds. The number of nitrogens with zero attached hydrogens (tertiary/aromatic N) is 1. The molecule has 0 saturated carbocycles. The normalized spacial score (nSPS) is 8.09. The molecule has 1 heterocycles. The van der Waals surface area contributed by atoms with Gasteiger partial charge in [-0.1, -0.05) is 6.92 Å². The number of aromatic nitrogens is 2. The van der Waals surface area contributed by atoms with Crippen LogP contribution in [0.5, 0.6) is 0 Å². The highest BCUT2D eigenvalue weighted by Crippen LogP contribution is 1.84. The first-order valence-corrected chi connectivity index (χ1v) is 3.12.